The molecule has 15 nitrogen and oxygen atoms in total. The van der Waals surface area contributed by atoms with Crippen molar-refractivity contribution in [1.82, 2.24) is 29.3 Å². The number of carbonyl (C=O) groups is 2. The number of alkyl halides is 6. The van der Waals surface area contributed by atoms with Gasteiger partial charge in [-0.05, 0) is 128 Å². The second-order valence-corrected chi connectivity index (χ2v) is 17.1. The number of carbonyl (C=O) groups excluding carboxylic acids is 2. The van der Waals surface area contributed by atoms with E-state index < -0.39 is 35.6 Å². The fourth-order valence-electron chi connectivity index (χ4n) is 8.86. The monoisotopic (exact) mass is 923 g/mol. The molecule has 4 heterocycles. The summed E-state index contributed by atoms with van der Waals surface area (Å²) in [5.74, 6) is 1.66. The van der Waals surface area contributed by atoms with Crippen molar-refractivity contribution in [3.05, 3.63) is 45.8 Å². The topological polar surface area (TPSA) is 212 Å². The number of hydrogen-bond acceptors (Lipinski definition) is 11. The second-order valence-electron chi connectivity index (χ2n) is 17.1. The zero-order chi connectivity index (χ0) is 46.2. The minimum Gasteiger partial charge on any atom is -1.00 e. The first kappa shape index (κ1) is 57.3. The number of anilines is 2. The van der Waals surface area contributed by atoms with Crippen LogP contribution >= 0.6 is 0 Å². The van der Waals surface area contributed by atoms with Gasteiger partial charge in [-0.2, -0.15) is 15.3 Å². The van der Waals surface area contributed by atoms with E-state index in [-0.39, 0.29) is 87.8 Å². The second kappa shape index (κ2) is 28.3. The molecule has 0 unspecified atom stereocenters. The fraction of sp³-hybridized carbons (Fsp3) is 0.738. The van der Waals surface area contributed by atoms with Gasteiger partial charge in [0.25, 0.3) is 19.3 Å². The van der Waals surface area contributed by atoms with E-state index in [4.69, 9.17) is 21.3 Å². The van der Waals surface area contributed by atoms with E-state index >= 15 is 0 Å². The van der Waals surface area contributed by atoms with E-state index in [1.165, 1.54) is 29.9 Å². The Labute approximate surface area is 391 Å². The fourth-order valence-corrected chi connectivity index (χ4v) is 8.86. The number of aliphatic hydroxyl groups excluding tert-OH is 1. The van der Waals surface area contributed by atoms with Gasteiger partial charge in [0.1, 0.15) is 17.8 Å². The minimum atomic E-state index is -2.96. The van der Waals surface area contributed by atoms with Gasteiger partial charge in [0.05, 0.1) is 34.4 Å². The Hall–Kier alpha value is -3.87. The van der Waals surface area contributed by atoms with Crippen LogP contribution < -0.4 is 30.3 Å². The van der Waals surface area contributed by atoms with E-state index in [2.05, 4.69) is 15.3 Å². The zero-order valence-electron chi connectivity index (χ0n) is 38.7. The molecule has 0 bridgehead atoms. The summed E-state index contributed by atoms with van der Waals surface area (Å²) in [5, 5.41) is 31.2. The van der Waals surface area contributed by atoms with Crippen molar-refractivity contribution in [1.29, 1.82) is 0 Å². The maximum atomic E-state index is 12.8. The van der Waals surface area contributed by atoms with E-state index in [0.717, 1.165) is 90.0 Å². The van der Waals surface area contributed by atoms with Crippen molar-refractivity contribution in [2.45, 2.75) is 160 Å². The Morgan fingerprint density at radius 2 is 1.03 bits per heavy atom. The van der Waals surface area contributed by atoms with Crippen LogP contribution in [0.3, 0.4) is 0 Å². The van der Waals surface area contributed by atoms with Crippen LogP contribution in [0.2, 0.25) is 0 Å². The van der Waals surface area contributed by atoms with E-state index in [1.54, 1.807) is 23.2 Å². The number of halogens is 6. The predicted molar refractivity (Wildman–Crippen MR) is 229 cm³/mol. The average Bonchev–Trinajstić information content (AvgIpc) is 4.07. The quantitative estimate of drug-likeness (QED) is 0.0719. The first-order chi connectivity index (χ1) is 30.0. The van der Waals surface area contributed by atoms with Crippen LogP contribution in [-0.4, -0.2) is 79.2 Å². The van der Waals surface area contributed by atoms with Gasteiger partial charge >= 0.3 is 24.5 Å². The maximum Gasteiger partial charge on any atom is 1.00 e. The molecule has 5 N–H and O–H groups in total. The molecule has 0 spiro atoms. The van der Waals surface area contributed by atoms with E-state index in [9.17, 15) is 46.0 Å². The summed E-state index contributed by atoms with van der Waals surface area (Å²) in [6.07, 6.45) is 10.9. The zero-order valence-corrected chi connectivity index (χ0v) is 37.7. The largest absolute Gasteiger partial charge is 1.00 e. The summed E-state index contributed by atoms with van der Waals surface area (Å²) in [7, 11) is 0. The third-order valence-corrected chi connectivity index (χ3v) is 12.2. The summed E-state index contributed by atoms with van der Waals surface area (Å²) in [4.78, 5) is 32.1. The molecule has 4 aliphatic rings. The molecule has 65 heavy (non-hydrogen) atoms. The summed E-state index contributed by atoms with van der Waals surface area (Å²) in [6.45, 7) is 5.38. The molecule has 1 saturated heterocycles. The van der Waals surface area contributed by atoms with Crippen LogP contribution in [0.1, 0.15) is 179 Å². The molecule has 23 heteroatoms. The van der Waals surface area contributed by atoms with Crippen LogP contribution in [0.5, 0.6) is 0 Å². The number of rotatable bonds is 13. The van der Waals surface area contributed by atoms with Crippen LogP contribution in [-0.2, 0) is 14.3 Å². The Kier molecular flexibility index (Phi) is 25.0. The molecule has 3 aromatic heterocycles. The predicted octanol–water partition coefficient (Wildman–Crippen LogP) is 6.60. The van der Waals surface area contributed by atoms with Gasteiger partial charge in [0.2, 0.25) is 5.69 Å². The smallest absolute Gasteiger partial charge is 1.00 e. The van der Waals surface area contributed by atoms with E-state index in [1.807, 2.05) is 0 Å². The van der Waals surface area contributed by atoms with Crippen molar-refractivity contribution in [3.63, 3.8) is 0 Å². The number of ether oxygens (including phenoxy) is 1. The van der Waals surface area contributed by atoms with Gasteiger partial charge in [0, 0.05) is 53.5 Å². The van der Waals surface area contributed by atoms with Gasteiger partial charge in [-0.3, -0.25) is 24.2 Å². The number of aliphatic hydroxyl groups is 1. The molecule has 0 atom stereocenters. The van der Waals surface area contributed by atoms with Crippen LogP contribution in [0.15, 0.2) is 18.6 Å². The minimum absolute atomic E-state index is 0. The molecule has 7 rings (SSSR count). The van der Waals surface area contributed by atoms with Crippen molar-refractivity contribution in [2.24, 2.45) is 17.8 Å². The third kappa shape index (κ3) is 18.0. The standard InChI is InChI=1S/C13H17F2N3O3.C13H19F2N3O.C12H19F2N3O.C4H8O.B.Li.H/c1-8(19)6-9-2-4-10(5-3-9)17-7-11(18(20)21)12(16-17)13(14)15;1-8(19)6-9-2-4-10(5-3-9)18-7-11(16)12(17-18)13(14)15;13-12(14)11-10(15)7-17(16-11)9-3-1-8(2-4-9)5-6-18;1-2-4-5-3-1;;;/h7,9-10,13H,2-6H2,1H3;7,9-10,13H,2-6,16H2,1H3;7-9,12,18H,1-6,15H2;1-4H2;;;/q;;;;;+1;-1. The molecule has 3 aliphatic carbocycles. The molecule has 359 valence electrons. The number of nitro groups is 1. The molecule has 4 fully saturated rings. The molecule has 0 aromatic carbocycles. The Balaban J connectivity index is 0.000000459. The number of ketones is 2. The van der Waals surface area contributed by atoms with Crippen molar-refractivity contribution in [2.75, 3.05) is 31.3 Å². The molecule has 0 amide bonds. The van der Waals surface area contributed by atoms with Crippen molar-refractivity contribution >= 4 is 37.0 Å². The molecule has 3 saturated carbocycles. The molecule has 3 aromatic rings. The average molecular weight is 923 g/mol. The molecular weight excluding hydrogens is 858 g/mol. The number of aromatic nitrogens is 6. The van der Waals surface area contributed by atoms with Gasteiger partial charge in [0.15, 0.2) is 11.4 Å². The molecule has 1 aliphatic heterocycles. The summed E-state index contributed by atoms with van der Waals surface area (Å²) < 4.78 is 85.3. The normalized spacial score (nSPS) is 22.9. The van der Waals surface area contributed by atoms with Gasteiger partial charge in [-0.15, -0.1) is 0 Å². The van der Waals surface area contributed by atoms with Crippen LogP contribution in [0.25, 0.3) is 0 Å². The third-order valence-electron chi connectivity index (χ3n) is 12.2. The van der Waals surface area contributed by atoms with Crippen molar-refractivity contribution in [3.8, 4) is 0 Å². The number of hydrogen-bond donors (Lipinski definition) is 3. The van der Waals surface area contributed by atoms with Crippen LogP contribution in [0.4, 0.5) is 43.4 Å². The molecular formula is C42H64BF6LiN9O6. The van der Waals surface area contributed by atoms with E-state index in [0.29, 0.717) is 43.4 Å². The van der Waals surface area contributed by atoms with Gasteiger partial charge in [-0.1, -0.05) is 0 Å². The number of nitrogens with two attached hydrogens (primary N) is 2. The maximum absolute atomic E-state index is 12.8. The first-order valence-electron chi connectivity index (χ1n) is 21.9. The van der Waals surface area contributed by atoms with Crippen LogP contribution in [0, 0.1) is 27.9 Å². The van der Waals surface area contributed by atoms with Gasteiger partial charge in [-0.25, -0.2) is 26.3 Å². The van der Waals surface area contributed by atoms with Gasteiger partial charge < -0.3 is 32.3 Å². The molecule has 3 radical (unpaired) electrons. The number of Topliss-reactive ketones (excluding diaryl/α,β-unsaturated/α-hetero) is 2. The summed E-state index contributed by atoms with van der Waals surface area (Å²) >= 11 is 0. The number of nitrogens with zero attached hydrogens (tertiary/aromatic N) is 7. The Bertz CT molecular complexity index is 1880. The first-order valence-corrected chi connectivity index (χ1v) is 21.9. The number of nitrogen functional groups attached to an aromatic ring is 2. The van der Waals surface area contributed by atoms with Crippen molar-refractivity contribution < 1.29 is 71.0 Å². The Morgan fingerprint density at radius 3 is 1.29 bits per heavy atom. The SMILES string of the molecule is C1CCOC1.CC(=O)CC1CCC(n2cc(N)c(C(F)F)n2)CC1.CC(=O)CC1CCC(n2cc([N+](=O)[O-])c(C(F)F)n2)CC1.Nc1cn(C2CCC(CCO)CC2)nc1C(F)F.[B].[H-].[Li+]. The summed E-state index contributed by atoms with van der Waals surface area (Å²) in [6, 6.07) is 0.173. The summed E-state index contributed by atoms with van der Waals surface area (Å²) in [5.41, 5.74) is 9.15. The Morgan fingerprint density at radius 1 is 0.692 bits per heavy atom.